The van der Waals surface area contributed by atoms with E-state index in [1.54, 1.807) is 0 Å². The van der Waals surface area contributed by atoms with Gasteiger partial charge in [0.1, 0.15) is 11.6 Å². The monoisotopic (exact) mass is 472 g/mol. The van der Waals surface area contributed by atoms with Crippen LogP contribution in [0.3, 0.4) is 0 Å². The topological polar surface area (TPSA) is 79.3 Å². The third kappa shape index (κ3) is 4.59. The maximum Gasteiger partial charge on any atom is 0.223 e. The Labute approximate surface area is 207 Å². The number of nitrogens with two attached hydrogens (primary N) is 1. The maximum absolute atomic E-state index is 6.19. The molecule has 1 atom stereocenters. The number of fused-ring (bicyclic) bond motifs is 1. The highest BCUT2D eigenvalue weighted by Gasteiger charge is 2.26. The summed E-state index contributed by atoms with van der Waals surface area (Å²) in [6.07, 6.45) is 7.16. The van der Waals surface area contributed by atoms with E-state index in [1.165, 1.54) is 36.0 Å². The number of aromatic nitrogens is 4. The number of likely N-dealkylation sites (N-methyl/N-ethyl adjacent to an activating group) is 1. The molecule has 8 nitrogen and oxygen atoms in total. The number of hydrogen-bond donors (Lipinski definition) is 1. The molecule has 1 aliphatic carbocycles. The summed E-state index contributed by atoms with van der Waals surface area (Å²) in [6.45, 7) is 8.11. The molecule has 3 aliphatic rings. The van der Waals surface area contributed by atoms with E-state index in [2.05, 4.69) is 79.8 Å². The van der Waals surface area contributed by atoms with E-state index in [1.807, 2.05) is 0 Å². The third-order valence-electron chi connectivity index (χ3n) is 8.04. The van der Waals surface area contributed by atoms with Crippen molar-refractivity contribution in [3.8, 4) is 11.3 Å². The van der Waals surface area contributed by atoms with Gasteiger partial charge in [-0.25, -0.2) is 0 Å². The molecule has 1 saturated carbocycles. The Bertz CT molecular complexity index is 1190. The van der Waals surface area contributed by atoms with Gasteiger partial charge >= 0.3 is 0 Å². The summed E-state index contributed by atoms with van der Waals surface area (Å²) in [4.78, 5) is 16.3. The SMILES string of the molecule is CC1Cc2ccc(-c3ccn(CC4CCC4)n3)cc2CN1c1cc(N2CCN(C)CC2)nc(N)n1. The predicted molar refractivity (Wildman–Crippen MR) is 141 cm³/mol. The number of benzene rings is 1. The molecule has 1 saturated heterocycles. The van der Waals surface area contributed by atoms with Crippen LogP contribution in [0.15, 0.2) is 36.5 Å². The molecule has 184 valence electrons. The van der Waals surface area contributed by atoms with Gasteiger partial charge in [-0.1, -0.05) is 18.6 Å². The molecular formula is C27H36N8. The Hall–Kier alpha value is -3.13. The van der Waals surface area contributed by atoms with Gasteiger partial charge in [0.05, 0.1) is 5.69 Å². The van der Waals surface area contributed by atoms with Crippen molar-refractivity contribution in [2.24, 2.45) is 5.92 Å². The van der Waals surface area contributed by atoms with Crippen LogP contribution in [-0.4, -0.2) is 63.9 Å². The molecule has 3 aromatic rings. The number of nitrogens with zero attached hydrogens (tertiary/aromatic N) is 7. The summed E-state index contributed by atoms with van der Waals surface area (Å²) in [5.74, 6) is 3.00. The van der Waals surface area contributed by atoms with E-state index in [4.69, 9.17) is 10.8 Å². The van der Waals surface area contributed by atoms with E-state index >= 15 is 0 Å². The lowest BCUT2D eigenvalue weighted by atomic mass is 9.85. The molecule has 2 N–H and O–H groups in total. The van der Waals surface area contributed by atoms with Crippen molar-refractivity contribution in [3.05, 3.63) is 47.7 Å². The minimum atomic E-state index is 0.338. The van der Waals surface area contributed by atoms with Crippen LogP contribution < -0.4 is 15.5 Å². The third-order valence-corrected chi connectivity index (χ3v) is 8.04. The molecular weight excluding hydrogens is 436 g/mol. The summed E-state index contributed by atoms with van der Waals surface area (Å²) >= 11 is 0. The number of hydrogen-bond acceptors (Lipinski definition) is 7. The summed E-state index contributed by atoms with van der Waals surface area (Å²) < 4.78 is 2.12. The standard InChI is InChI=1S/C27H36N8/c1-19-14-21-6-7-22(24-8-9-34(31-24)17-20-4-3-5-20)15-23(21)18-35(19)26-16-25(29-27(28)30-26)33-12-10-32(2)11-13-33/h6-9,15-16,19-20H,3-5,10-14,17-18H2,1-2H3,(H2,28,29,30). The highest BCUT2D eigenvalue weighted by molar-refractivity contribution is 5.63. The molecule has 0 spiro atoms. The van der Waals surface area contributed by atoms with Gasteiger partial charge in [-0.2, -0.15) is 15.1 Å². The van der Waals surface area contributed by atoms with Crippen LogP contribution in [0.1, 0.15) is 37.3 Å². The largest absolute Gasteiger partial charge is 0.368 e. The molecule has 0 radical (unpaired) electrons. The van der Waals surface area contributed by atoms with Crippen molar-refractivity contribution in [2.75, 3.05) is 48.8 Å². The number of nitrogen functional groups attached to an aromatic ring is 1. The predicted octanol–water partition coefficient (Wildman–Crippen LogP) is 3.43. The van der Waals surface area contributed by atoms with Gasteiger partial charge < -0.3 is 20.4 Å². The van der Waals surface area contributed by atoms with Crippen molar-refractivity contribution in [3.63, 3.8) is 0 Å². The molecule has 4 heterocycles. The van der Waals surface area contributed by atoms with Crippen LogP contribution in [0, 0.1) is 5.92 Å². The Morgan fingerprint density at radius 1 is 0.971 bits per heavy atom. The summed E-state index contributed by atoms with van der Waals surface area (Å²) in [5, 5.41) is 4.88. The lowest BCUT2D eigenvalue weighted by molar-refractivity contribution is 0.267. The van der Waals surface area contributed by atoms with Crippen molar-refractivity contribution in [1.29, 1.82) is 0 Å². The van der Waals surface area contributed by atoms with Gasteiger partial charge in [0.2, 0.25) is 5.95 Å². The highest BCUT2D eigenvalue weighted by Crippen LogP contribution is 2.33. The van der Waals surface area contributed by atoms with Gasteiger partial charge in [0.15, 0.2) is 0 Å². The zero-order chi connectivity index (χ0) is 23.9. The molecule has 2 aliphatic heterocycles. The minimum Gasteiger partial charge on any atom is -0.368 e. The Kier molecular flexibility index (Phi) is 5.84. The zero-order valence-corrected chi connectivity index (χ0v) is 20.9. The summed E-state index contributed by atoms with van der Waals surface area (Å²) in [5.41, 5.74) is 11.2. The first-order chi connectivity index (χ1) is 17.0. The van der Waals surface area contributed by atoms with Gasteiger partial charge in [0.25, 0.3) is 0 Å². The molecule has 1 unspecified atom stereocenters. The van der Waals surface area contributed by atoms with Crippen molar-refractivity contribution >= 4 is 17.6 Å². The van der Waals surface area contributed by atoms with Crippen LogP contribution in [0.5, 0.6) is 0 Å². The fraction of sp³-hybridized carbons (Fsp3) is 0.519. The quantitative estimate of drug-likeness (QED) is 0.609. The second-order valence-electron chi connectivity index (χ2n) is 10.6. The van der Waals surface area contributed by atoms with Crippen LogP contribution in [0.4, 0.5) is 17.6 Å². The van der Waals surface area contributed by atoms with E-state index < -0.39 is 0 Å². The molecule has 8 heteroatoms. The molecule has 0 amide bonds. The molecule has 1 aromatic carbocycles. The first-order valence-electron chi connectivity index (χ1n) is 13.0. The minimum absolute atomic E-state index is 0.338. The van der Waals surface area contributed by atoms with Crippen molar-refractivity contribution in [1.82, 2.24) is 24.6 Å². The first kappa shape index (κ1) is 22.3. The number of piperazine rings is 1. The van der Waals surface area contributed by atoms with E-state index in [0.717, 1.165) is 68.9 Å². The molecule has 2 aromatic heterocycles. The second kappa shape index (κ2) is 9.15. The molecule has 35 heavy (non-hydrogen) atoms. The average Bonchev–Trinajstić information content (AvgIpc) is 3.30. The fourth-order valence-corrected chi connectivity index (χ4v) is 5.55. The summed E-state index contributed by atoms with van der Waals surface area (Å²) in [7, 11) is 2.16. The average molecular weight is 473 g/mol. The van der Waals surface area contributed by atoms with Crippen LogP contribution in [-0.2, 0) is 19.5 Å². The van der Waals surface area contributed by atoms with Gasteiger partial charge in [-0.05, 0) is 62.4 Å². The van der Waals surface area contributed by atoms with E-state index in [0.29, 0.717) is 12.0 Å². The van der Waals surface area contributed by atoms with Gasteiger partial charge in [0, 0.05) is 63.1 Å². The first-order valence-corrected chi connectivity index (χ1v) is 13.0. The highest BCUT2D eigenvalue weighted by atomic mass is 15.3. The van der Waals surface area contributed by atoms with Crippen LogP contribution >= 0.6 is 0 Å². The normalized spacial score (nSPS) is 21.1. The smallest absolute Gasteiger partial charge is 0.223 e. The van der Waals surface area contributed by atoms with Crippen LogP contribution in [0.2, 0.25) is 0 Å². The van der Waals surface area contributed by atoms with Crippen LogP contribution in [0.25, 0.3) is 11.3 Å². The van der Waals surface area contributed by atoms with Gasteiger partial charge in [-0.3, -0.25) is 4.68 Å². The molecule has 2 fully saturated rings. The lowest BCUT2D eigenvalue weighted by Gasteiger charge is -2.37. The summed E-state index contributed by atoms with van der Waals surface area (Å²) in [6, 6.07) is 11.4. The van der Waals surface area contributed by atoms with Crippen molar-refractivity contribution < 1.29 is 0 Å². The molecule has 6 rings (SSSR count). The Balaban J connectivity index is 1.24. The second-order valence-corrected chi connectivity index (χ2v) is 10.6. The lowest BCUT2D eigenvalue weighted by Crippen LogP contribution is -2.45. The van der Waals surface area contributed by atoms with E-state index in [9.17, 15) is 0 Å². The van der Waals surface area contributed by atoms with E-state index in [-0.39, 0.29) is 0 Å². The Morgan fingerprint density at radius 2 is 1.77 bits per heavy atom. The maximum atomic E-state index is 6.19. The van der Waals surface area contributed by atoms with Crippen molar-refractivity contribution in [2.45, 2.75) is 51.7 Å². The molecule has 0 bridgehead atoms. The Morgan fingerprint density at radius 3 is 2.54 bits per heavy atom. The number of anilines is 3. The zero-order valence-electron chi connectivity index (χ0n) is 20.9. The fourth-order valence-electron chi connectivity index (χ4n) is 5.55. The number of rotatable bonds is 5. The van der Waals surface area contributed by atoms with Gasteiger partial charge in [-0.15, -0.1) is 0 Å².